The van der Waals surface area contributed by atoms with Crippen molar-refractivity contribution < 1.29 is 0 Å². The molecule has 2 aromatic rings. The minimum Gasteiger partial charge on any atom is -0.227 e. The molecule has 3 nitrogen and oxygen atoms in total. The average molecular weight is 150 g/mol. The van der Waals surface area contributed by atoms with Crippen LogP contribution in [0.2, 0.25) is 0 Å². The molecule has 0 aliphatic heterocycles. The van der Waals surface area contributed by atoms with E-state index < -0.39 is 0 Å². The molecule has 0 aliphatic carbocycles. The molecular weight excluding hydrogens is 146 g/mol. The van der Waals surface area contributed by atoms with E-state index in [1.807, 2.05) is 11.6 Å². The number of rotatable bonds is 1. The fraction of sp³-hybridized carbons (Fsp3) is 0. The van der Waals surface area contributed by atoms with Crippen LogP contribution in [0.4, 0.5) is 0 Å². The minimum absolute atomic E-state index is 0.876. The molecule has 4 heteroatoms. The second kappa shape index (κ2) is 2.22. The second-order valence-electron chi connectivity index (χ2n) is 1.70. The quantitative estimate of drug-likeness (QED) is 0.610. The first-order valence-corrected chi connectivity index (χ1v) is 3.66. The van der Waals surface area contributed by atoms with Gasteiger partial charge in [0.15, 0.2) is 0 Å². The SMILES string of the molecule is [c]1ccn(-c2nccs2)n1. The molecule has 0 saturated heterocycles. The van der Waals surface area contributed by atoms with Gasteiger partial charge < -0.3 is 0 Å². The Balaban J connectivity index is 2.48. The van der Waals surface area contributed by atoms with E-state index in [-0.39, 0.29) is 0 Å². The predicted molar refractivity (Wildman–Crippen MR) is 38.1 cm³/mol. The fourth-order valence-corrected chi connectivity index (χ4v) is 1.24. The van der Waals surface area contributed by atoms with Gasteiger partial charge in [0.1, 0.15) is 6.20 Å². The predicted octanol–water partition coefficient (Wildman–Crippen LogP) is 1.13. The summed E-state index contributed by atoms with van der Waals surface area (Å²) in [6.45, 7) is 0. The van der Waals surface area contributed by atoms with E-state index in [9.17, 15) is 0 Å². The maximum atomic E-state index is 4.06. The summed E-state index contributed by atoms with van der Waals surface area (Å²) in [6, 6.07) is 1.75. The lowest BCUT2D eigenvalue weighted by molar-refractivity contribution is 0.866. The van der Waals surface area contributed by atoms with Crippen molar-refractivity contribution in [3.05, 3.63) is 30.0 Å². The van der Waals surface area contributed by atoms with Gasteiger partial charge in [-0.05, 0) is 6.07 Å². The van der Waals surface area contributed by atoms with Crippen molar-refractivity contribution >= 4 is 11.3 Å². The van der Waals surface area contributed by atoms with Gasteiger partial charge in [-0.25, -0.2) is 9.67 Å². The molecule has 2 aromatic heterocycles. The molecule has 0 amide bonds. The first kappa shape index (κ1) is 5.61. The van der Waals surface area contributed by atoms with Gasteiger partial charge in [-0.2, -0.15) is 5.10 Å². The maximum absolute atomic E-state index is 4.06. The molecule has 0 spiro atoms. The fourth-order valence-electron chi connectivity index (χ4n) is 0.668. The van der Waals surface area contributed by atoms with Gasteiger partial charge >= 0.3 is 0 Å². The summed E-state index contributed by atoms with van der Waals surface area (Å²) in [5, 5.41) is 6.69. The molecule has 2 rings (SSSR count). The number of aromatic nitrogens is 3. The van der Waals surface area contributed by atoms with Gasteiger partial charge in [0.25, 0.3) is 0 Å². The van der Waals surface area contributed by atoms with Crippen LogP contribution in [0.3, 0.4) is 0 Å². The molecule has 0 saturated carbocycles. The highest BCUT2D eigenvalue weighted by molar-refractivity contribution is 7.12. The summed E-state index contributed by atoms with van der Waals surface area (Å²) in [4.78, 5) is 4.06. The zero-order chi connectivity index (χ0) is 6.81. The van der Waals surface area contributed by atoms with Gasteiger partial charge in [0.2, 0.25) is 5.13 Å². The van der Waals surface area contributed by atoms with E-state index in [2.05, 4.69) is 16.3 Å². The van der Waals surface area contributed by atoms with Crippen LogP contribution in [0, 0.1) is 6.20 Å². The van der Waals surface area contributed by atoms with Crippen molar-refractivity contribution in [1.29, 1.82) is 0 Å². The molecular formula is C6H4N3S. The van der Waals surface area contributed by atoms with E-state index in [1.165, 1.54) is 0 Å². The first-order chi connectivity index (χ1) is 4.97. The Morgan fingerprint density at radius 1 is 1.60 bits per heavy atom. The second-order valence-corrected chi connectivity index (χ2v) is 2.58. The largest absolute Gasteiger partial charge is 0.227 e. The summed E-state index contributed by atoms with van der Waals surface area (Å²) >= 11 is 1.55. The van der Waals surface area contributed by atoms with Crippen LogP contribution >= 0.6 is 11.3 Å². The number of thiazole rings is 1. The molecule has 1 radical (unpaired) electrons. The molecule has 0 atom stereocenters. The Morgan fingerprint density at radius 3 is 3.20 bits per heavy atom. The molecule has 0 fully saturated rings. The van der Waals surface area contributed by atoms with Crippen molar-refractivity contribution in [2.45, 2.75) is 0 Å². The Labute approximate surface area is 62.0 Å². The summed E-state index contributed by atoms with van der Waals surface area (Å²) in [6.07, 6.45) is 6.27. The highest BCUT2D eigenvalue weighted by Gasteiger charge is 1.95. The van der Waals surface area contributed by atoms with Crippen LogP contribution in [-0.4, -0.2) is 14.8 Å². The zero-order valence-electron chi connectivity index (χ0n) is 5.06. The van der Waals surface area contributed by atoms with Crippen LogP contribution in [-0.2, 0) is 0 Å². The van der Waals surface area contributed by atoms with Crippen LogP contribution in [0.5, 0.6) is 0 Å². The van der Waals surface area contributed by atoms with E-state index in [1.54, 1.807) is 28.3 Å². The standard InChI is InChI=1S/C6H4N3S/c1-2-8-9(4-1)6-7-3-5-10-6/h1,3-5H. The Hall–Kier alpha value is -1.16. The first-order valence-electron chi connectivity index (χ1n) is 2.78. The number of hydrogen-bond acceptors (Lipinski definition) is 3. The van der Waals surface area contributed by atoms with Crippen molar-refractivity contribution in [2.75, 3.05) is 0 Å². The zero-order valence-corrected chi connectivity index (χ0v) is 5.88. The molecule has 0 bridgehead atoms. The third-order valence-corrected chi connectivity index (χ3v) is 1.83. The molecule has 0 aromatic carbocycles. The van der Waals surface area contributed by atoms with Gasteiger partial charge in [-0.3, -0.25) is 0 Å². The minimum atomic E-state index is 0.876. The van der Waals surface area contributed by atoms with Crippen LogP contribution in [0.15, 0.2) is 23.8 Å². The summed E-state index contributed by atoms with van der Waals surface area (Å²) in [7, 11) is 0. The van der Waals surface area contributed by atoms with E-state index >= 15 is 0 Å². The Bertz CT molecular complexity index is 252. The van der Waals surface area contributed by atoms with E-state index in [4.69, 9.17) is 0 Å². The average Bonchev–Trinajstić information content (AvgIpc) is 2.59. The molecule has 2 heterocycles. The van der Waals surface area contributed by atoms with Crippen LogP contribution in [0.1, 0.15) is 0 Å². The lowest BCUT2D eigenvalue weighted by Gasteiger charge is -1.89. The topological polar surface area (TPSA) is 30.7 Å². The normalized spacial score (nSPS) is 10.0. The lowest BCUT2D eigenvalue weighted by Crippen LogP contribution is -1.91. The van der Waals surface area contributed by atoms with Crippen molar-refractivity contribution in [2.24, 2.45) is 0 Å². The Kier molecular flexibility index (Phi) is 1.25. The van der Waals surface area contributed by atoms with Crippen molar-refractivity contribution in [3.63, 3.8) is 0 Å². The van der Waals surface area contributed by atoms with Crippen molar-refractivity contribution in [3.8, 4) is 5.13 Å². The highest BCUT2D eigenvalue weighted by Crippen LogP contribution is 2.07. The third-order valence-electron chi connectivity index (χ3n) is 1.07. The van der Waals surface area contributed by atoms with Crippen LogP contribution < -0.4 is 0 Å². The Morgan fingerprint density at radius 2 is 2.60 bits per heavy atom. The summed E-state index contributed by atoms with van der Waals surface area (Å²) in [5.41, 5.74) is 0. The molecule has 49 valence electrons. The smallest absolute Gasteiger partial charge is 0.210 e. The van der Waals surface area contributed by atoms with Gasteiger partial charge in [0.05, 0.1) is 0 Å². The third kappa shape index (κ3) is 0.823. The number of hydrogen-bond donors (Lipinski definition) is 0. The molecule has 0 aliphatic rings. The van der Waals surface area contributed by atoms with Crippen molar-refractivity contribution in [1.82, 2.24) is 14.8 Å². The monoisotopic (exact) mass is 150 g/mol. The van der Waals surface area contributed by atoms with Gasteiger partial charge in [0, 0.05) is 17.8 Å². The maximum Gasteiger partial charge on any atom is 0.210 e. The van der Waals surface area contributed by atoms with E-state index in [0.29, 0.717) is 0 Å². The summed E-state index contributed by atoms with van der Waals surface area (Å²) in [5.74, 6) is 0. The van der Waals surface area contributed by atoms with E-state index in [0.717, 1.165) is 5.13 Å². The molecule has 0 unspecified atom stereocenters. The highest BCUT2D eigenvalue weighted by atomic mass is 32.1. The molecule has 10 heavy (non-hydrogen) atoms. The summed E-state index contributed by atoms with van der Waals surface area (Å²) < 4.78 is 1.69. The lowest BCUT2D eigenvalue weighted by atomic mass is 10.8. The van der Waals surface area contributed by atoms with Gasteiger partial charge in [-0.1, -0.05) is 0 Å². The number of nitrogens with zero attached hydrogens (tertiary/aromatic N) is 3. The van der Waals surface area contributed by atoms with Crippen LogP contribution in [0.25, 0.3) is 5.13 Å². The van der Waals surface area contributed by atoms with Gasteiger partial charge in [-0.15, -0.1) is 11.3 Å². The molecule has 0 N–H and O–H groups in total.